The molecule has 0 fully saturated rings. The van der Waals surface area contributed by atoms with Gasteiger partial charge in [0.2, 0.25) is 5.91 Å². The van der Waals surface area contributed by atoms with Gasteiger partial charge in [-0.1, -0.05) is 53.2 Å². The minimum Gasteiger partial charge on any atom is -0.486 e. The van der Waals surface area contributed by atoms with Gasteiger partial charge in [0.05, 0.1) is 21.5 Å². The maximum absolute atomic E-state index is 12.3. The van der Waals surface area contributed by atoms with Crippen LogP contribution in [0.4, 0.5) is 5.69 Å². The Bertz CT molecular complexity index is 1010. The number of hydrogen-bond acceptors (Lipinski definition) is 5. The molecule has 0 aliphatic rings. The van der Waals surface area contributed by atoms with Crippen molar-refractivity contribution >= 4 is 46.6 Å². The van der Waals surface area contributed by atoms with Crippen LogP contribution in [0.1, 0.15) is 18.3 Å². The molecule has 0 unspecified atom stereocenters. The summed E-state index contributed by atoms with van der Waals surface area (Å²) < 4.78 is 7.75. The van der Waals surface area contributed by atoms with Crippen molar-refractivity contribution in [3.05, 3.63) is 63.9 Å². The van der Waals surface area contributed by atoms with Crippen molar-refractivity contribution in [2.75, 3.05) is 11.1 Å². The number of amides is 1. The number of anilines is 1. The van der Waals surface area contributed by atoms with E-state index in [1.54, 1.807) is 18.2 Å². The second kappa shape index (κ2) is 10.0. The molecule has 0 aliphatic heterocycles. The summed E-state index contributed by atoms with van der Waals surface area (Å²) in [5, 5.41) is 12.5. The van der Waals surface area contributed by atoms with Gasteiger partial charge in [-0.15, -0.1) is 10.2 Å². The minimum absolute atomic E-state index is 0.166. The first-order valence-corrected chi connectivity index (χ1v) is 10.7. The molecule has 0 radical (unpaired) electrons. The topological polar surface area (TPSA) is 69.0 Å². The number of thioether (sulfide) groups is 1. The lowest BCUT2D eigenvalue weighted by Gasteiger charge is -2.10. The molecule has 0 atom stereocenters. The van der Waals surface area contributed by atoms with Crippen molar-refractivity contribution in [2.24, 2.45) is 0 Å². The number of nitrogens with one attached hydrogen (secondary N) is 1. The Morgan fingerprint density at radius 3 is 2.76 bits per heavy atom. The van der Waals surface area contributed by atoms with Gasteiger partial charge in [-0.25, -0.2) is 0 Å². The van der Waals surface area contributed by atoms with Crippen LogP contribution in [-0.2, 0) is 17.9 Å². The Balaban J connectivity index is 1.59. The largest absolute Gasteiger partial charge is 0.486 e. The quantitative estimate of drug-likeness (QED) is 0.476. The third-order valence-corrected chi connectivity index (χ3v) is 5.81. The highest BCUT2D eigenvalue weighted by Gasteiger charge is 2.15. The third kappa shape index (κ3) is 5.65. The van der Waals surface area contributed by atoms with Crippen LogP contribution in [0.3, 0.4) is 0 Å². The van der Waals surface area contributed by atoms with Gasteiger partial charge in [-0.2, -0.15) is 0 Å². The molecule has 1 amide bonds. The lowest BCUT2D eigenvalue weighted by molar-refractivity contribution is -0.113. The standard InChI is InChI=1S/C20H20Cl2N4O2S/c1-3-26-17(11-28-14-7-4-6-13(2)10-14)24-25-20(26)29-12-18(27)23-16-9-5-8-15(21)19(16)22/h4-10H,3,11-12H2,1-2H3,(H,23,27). The maximum atomic E-state index is 12.3. The second-order valence-corrected chi connectivity index (χ2v) is 7.91. The van der Waals surface area contributed by atoms with E-state index in [9.17, 15) is 4.79 Å². The van der Waals surface area contributed by atoms with Gasteiger partial charge < -0.3 is 14.6 Å². The monoisotopic (exact) mass is 450 g/mol. The highest BCUT2D eigenvalue weighted by molar-refractivity contribution is 7.99. The Hall–Kier alpha value is -2.22. The molecule has 3 aromatic rings. The summed E-state index contributed by atoms with van der Waals surface area (Å²) in [7, 11) is 0. The molecule has 1 heterocycles. The van der Waals surface area contributed by atoms with Crippen LogP contribution in [0.5, 0.6) is 5.75 Å². The Morgan fingerprint density at radius 1 is 1.21 bits per heavy atom. The summed E-state index contributed by atoms with van der Waals surface area (Å²) in [6.45, 7) is 4.98. The predicted octanol–water partition coefficient (Wildman–Crippen LogP) is 5.22. The summed E-state index contributed by atoms with van der Waals surface area (Å²) in [6.07, 6.45) is 0. The summed E-state index contributed by atoms with van der Waals surface area (Å²) in [4.78, 5) is 12.3. The molecule has 6 nitrogen and oxygen atoms in total. The molecule has 0 saturated carbocycles. The fraction of sp³-hybridized carbons (Fsp3) is 0.250. The lowest BCUT2D eigenvalue weighted by atomic mass is 10.2. The molecule has 0 saturated heterocycles. The lowest BCUT2D eigenvalue weighted by Crippen LogP contribution is -2.15. The van der Waals surface area contributed by atoms with E-state index < -0.39 is 0 Å². The molecule has 3 rings (SSSR count). The summed E-state index contributed by atoms with van der Waals surface area (Å²) in [6, 6.07) is 12.9. The van der Waals surface area contributed by atoms with Crippen LogP contribution in [0.15, 0.2) is 47.6 Å². The molecule has 29 heavy (non-hydrogen) atoms. The van der Waals surface area contributed by atoms with Gasteiger partial charge >= 0.3 is 0 Å². The molecule has 0 spiro atoms. The highest BCUT2D eigenvalue weighted by Crippen LogP contribution is 2.29. The average molecular weight is 451 g/mol. The zero-order valence-corrected chi connectivity index (χ0v) is 18.3. The Labute approximate surface area is 183 Å². The van der Waals surface area contributed by atoms with E-state index >= 15 is 0 Å². The molecule has 152 valence electrons. The molecule has 1 N–H and O–H groups in total. The highest BCUT2D eigenvalue weighted by atomic mass is 35.5. The van der Waals surface area contributed by atoms with Crippen LogP contribution in [-0.4, -0.2) is 26.4 Å². The van der Waals surface area contributed by atoms with Gasteiger partial charge in [0, 0.05) is 6.54 Å². The number of nitrogens with zero attached hydrogens (tertiary/aromatic N) is 3. The molecular formula is C20H20Cl2N4O2S. The van der Waals surface area contributed by atoms with Crippen molar-refractivity contribution < 1.29 is 9.53 Å². The van der Waals surface area contributed by atoms with E-state index in [-0.39, 0.29) is 11.7 Å². The number of ether oxygens (including phenoxy) is 1. The summed E-state index contributed by atoms with van der Waals surface area (Å²) >= 11 is 13.4. The van der Waals surface area contributed by atoms with E-state index in [1.807, 2.05) is 42.7 Å². The van der Waals surface area contributed by atoms with E-state index in [0.29, 0.717) is 39.9 Å². The van der Waals surface area contributed by atoms with E-state index in [4.69, 9.17) is 27.9 Å². The number of aromatic nitrogens is 3. The number of rotatable bonds is 8. The van der Waals surface area contributed by atoms with Crippen molar-refractivity contribution in [1.82, 2.24) is 14.8 Å². The van der Waals surface area contributed by atoms with Gasteiger partial charge in [0.25, 0.3) is 0 Å². The zero-order valence-electron chi connectivity index (χ0n) is 16.0. The first-order chi connectivity index (χ1) is 14.0. The molecule has 0 bridgehead atoms. The molecular weight excluding hydrogens is 431 g/mol. The number of carbonyl (C=O) groups is 1. The number of hydrogen-bond donors (Lipinski definition) is 1. The van der Waals surface area contributed by atoms with Crippen LogP contribution in [0.2, 0.25) is 10.0 Å². The number of aryl methyl sites for hydroxylation is 1. The fourth-order valence-corrected chi connectivity index (χ4v) is 3.79. The molecule has 0 aliphatic carbocycles. The van der Waals surface area contributed by atoms with Gasteiger partial charge in [0.15, 0.2) is 11.0 Å². The SMILES string of the molecule is CCn1c(COc2cccc(C)c2)nnc1SCC(=O)Nc1cccc(Cl)c1Cl. The van der Waals surface area contributed by atoms with Crippen molar-refractivity contribution in [3.8, 4) is 5.75 Å². The zero-order chi connectivity index (χ0) is 20.8. The normalized spacial score (nSPS) is 10.8. The van der Waals surface area contributed by atoms with E-state index in [2.05, 4.69) is 15.5 Å². The average Bonchev–Trinajstić information content (AvgIpc) is 3.10. The maximum Gasteiger partial charge on any atom is 0.234 e. The minimum atomic E-state index is -0.206. The molecule has 9 heteroatoms. The van der Waals surface area contributed by atoms with Crippen molar-refractivity contribution in [2.45, 2.75) is 32.2 Å². The second-order valence-electron chi connectivity index (χ2n) is 6.19. The van der Waals surface area contributed by atoms with Crippen molar-refractivity contribution in [3.63, 3.8) is 0 Å². The molecule has 2 aromatic carbocycles. The van der Waals surface area contributed by atoms with E-state index in [0.717, 1.165) is 11.3 Å². The van der Waals surface area contributed by atoms with Crippen LogP contribution in [0.25, 0.3) is 0 Å². The molecule has 1 aromatic heterocycles. The van der Waals surface area contributed by atoms with Gasteiger partial charge in [0.1, 0.15) is 12.4 Å². The summed E-state index contributed by atoms with van der Waals surface area (Å²) in [5.74, 6) is 1.44. The van der Waals surface area contributed by atoms with Crippen molar-refractivity contribution in [1.29, 1.82) is 0 Å². The van der Waals surface area contributed by atoms with E-state index in [1.165, 1.54) is 11.8 Å². The van der Waals surface area contributed by atoms with Crippen LogP contribution >= 0.6 is 35.0 Å². The summed E-state index contributed by atoms with van der Waals surface area (Å²) in [5.41, 5.74) is 1.61. The Kier molecular flexibility index (Phi) is 7.41. The number of carbonyl (C=O) groups excluding carboxylic acids is 1. The van der Waals surface area contributed by atoms with Gasteiger partial charge in [-0.3, -0.25) is 4.79 Å². The van der Waals surface area contributed by atoms with Crippen LogP contribution in [0, 0.1) is 6.92 Å². The third-order valence-electron chi connectivity index (χ3n) is 4.03. The Morgan fingerprint density at radius 2 is 2.00 bits per heavy atom. The fourth-order valence-electron chi connectivity index (χ4n) is 2.62. The predicted molar refractivity (Wildman–Crippen MR) is 117 cm³/mol. The smallest absolute Gasteiger partial charge is 0.234 e. The van der Waals surface area contributed by atoms with Gasteiger partial charge in [-0.05, 0) is 43.7 Å². The number of benzene rings is 2. The first-order valence-electron chi connectivity index (χ1n) is 8.96. The van der Waals surface area contributed by atoms with Crippen LogP contribution < -0.4 is 10.1 Å². The number of halogens is 2. The first kappa shape index (κ1) is 21.5.